The van der Waals surface area contributed by atoms with Gasteiger partial charge >= 0.3 is 12.1 Å². The van der Waals surface area contributed by atoms with Gasteiger partial charge in [0.25, 0.3) is 0 Å². The molecule has 1 aromatic carbocycles. The van der Waals surface area contributed by atoms with Crippen molar-refractivity contribution in [1.29, 1.82) is 0 Å². The second-order valence-electron chi connectivity index (χ2n) is 7.26. The van der Waals surface area contributed by atoms with Crippen molar-refractivity contribution in [3.05, 3.63) is 29.8 Å². The summed E-state index contributed by atoms with van der Waals surface area (Å²) in [7, 11) is 0. The van der Waals surface area contributed by atoms with Gasteiger partial charge in [-0.3, -0.25) is 4.90 Å². The zero-order valence-corrected chi connectivity index (χ0v) is 15.6. The van der Waals surface area contributed by atoms with E-state index < -0.39 is 0 Å². The molecule has 142 valence electrons. The van der Waals surface area contributed by atoms with Crippen LogP contribution >= 0.6 is 0 Å². The summed E-state index contributed by atoms with van der Waals surface area (Å²) in [5, 5.41) is 15.7. The van der Waals surface area contributed by atoms with Crippen molar-refractivity contribution < 1.29 is 14.7 Å². The number of likely N-dealkylation sites (tertiary alicyclic amines) is 1. The highest BCUT2D eigenvalue weighted by atomic mass is 16.3. The molecule has 0 saturated carbocycles. The smallest absolute Gasteiger partial charge is 0.322 e. The molecule has 2 heterocycles. The van der Waals surface area contributed by atoms with Gasteiger partial charge in [0.1, 0.15) is 0 Å². The first-order chi connectivity index (χ1) is 12.5. The summed E-state index contributed by atoms with van der Waals surface area (Å²) in [6, 6.07) is 7.09. The third-order valence-corrected chi connectivity index (χ3v) is 5.11. The Morgan fingerprint density at radius 2 is 2.00 bits per heavy atom. The number of nitrogens with zero attached hydrogens (tertiary/aromatic N) is 2. The van der Waals surface area contributed by atoms with E-state index in [4.69, 9.17) is 0 Å². The maximum absolute atomic E-state index is 12.7. The average molecular weight is 360 g/mol. The first kappa shape index (κ1) is 18.5. The van der Waals surface area contributed by atoms with Gasteiger partial charge < -0.3 is 20.6 Å². The monoisotopic (exact) mass is 360 g/mol. The summed E-state index contributed by atoms with van der Waals surface area (Å²) < 4.78 is 0. The Bertz CT molecular complexity index is 679. The Kier molecular flexibility index (Phi) is 5.36. The lowest BCUT2D eigenvalue weighted by atomic mass is 9.72. The van der Waals surface area contributed by atoms with Crippen LogP contribution in [-0.4, -0.2) is 59.9 Å². The lowest BCUT2D eigenvalue weighted by Crippen LogP contribution is -2.72. The van der Waals surface area contributed by atoms with E-state index in [0.717, 1.165) is 17.7 Å². The number of fused-ring (bicyclic) bond motifs is 3. The van der Waals surface area contributed by atoms with Crippen molar-refractivity contribution in [1.82, 2.24) is 15.5 Å². The molecule has 0 aromatic heterocycles. The van der Waals surface area contributed by atoms with E-state index in [9.17, 15) is 14.7 Å². The molecule has 0 bridgehead atoms. The Morgan fingerprint density at radius 1 is 1.27 bits per heavy atom. The van der Waals surface area contributed by atoms with E-state index in [1.807, 2.05) is 45.0 Å². The standard InChI is InChI=1S/C19H28N4O3/c1-4-9-20-18(25)23-15-10-22(19(26)21-12(2)3)14-8-6-5-7-13(14)17(15)16(23)11-24/h5-8,12,15-17,24H,4,9-11H2,1-3H3,(H,20,25)(H,21,26)/t15-,16-,17+/m0/s1. The molecule has 0 spiro atoms. The third-order valence-electron chi connectivity index (χ3n) is 5.11. The zero-order chi connectivity index (χ0) is 18.8. The number of rotatable bonds is 4. The van der Waals surface area contributed by atoms with Gasteiger partial charge in [0.2, 0.25) is 0 Å². The minimum Gasteiger partial charge on any atom is -0.394 e. The lowest BCUT2D eigenvalue weighted by molar-refractivity contribution is -0.00689. The quantitative estimate of drug-likeness (QED) is 0.766. The Morgan fingerprint density at radius 3 is 2.65 bits per heavy atom. The first-order valence-electron chi connectivity index (χ1n) is 9.33. The minimum atomic E-state index is -0.256. The number of para-hydroxylation sites is 1. The predicted molar refractivity (Wildman–Crippen MR) is 100 cm³/mol. The van der Waals surface area contributed by atoms with Crippen LogP contribution < -0.4 is 15.5 Å². The molecule has 2 aliphatic heterocycles. The van der Waals surface area contributed by atoms with Gasteiger partial charge in [-0.15, -0.1) is 0 Å². The van der Waals surface area contributed by atoms with E-state index in [2.05, 4.69) is 10.6 Å². The molecular weight excluding hydrogens is 332 g/mol. The van der Waals surface area contributed by atoms with Crippen molar-refractivity contribution in [3.8, 4) is 0 Å². The fourth-order valence-electron chi connectivity index (χ4n) is 4.01. The Hall–Kier alpha value is -2.28. The molecule has 1 fully saturated rings. The SMILES string of the molecule is CCCNC(=O)N1[C@@H](CO)[C@@H]2c3ccccc3N(C(=O)NC(C)C)C[C@@H]21. The predicted octanol–water partition coefficient (Wildman–Crippen LogP) is 1.87. The van der Waals surface area contributed by atoms with Gasteiger partial charge in [-0.1, -0.05) is 25.1 Å². The van der Waals surface area contributed by atoms with Crippen molar-refractivity contribution in [3.63, 3.8) is 0 Å². The van der Waals surface area contributed by atoms with Crippen LogP contribution in [0.25, 0.3) is 0 Å². The van der Waals surface area contributed by atoms with E-state index >= 15 is 0 Å². The second-order valence-corrected chi connectivity index (χ2v) is 7.26. The molecule has 1 saturated heterocycles. The van der Waals surface area contributed by atoms with E-state index in [-0.39, 0.29) is 42.7 Å². The number of nitrogens with one attached hydrogen (secondary N) is 2. The average Bonchev–Trinajstić information content (AvgIpc) is 2.59. The van der Waals surface area contributed by atoms with Crippen LogP contribution in [-0.2, 0) is 0 Å². The fourth-order valence-corrected chi connectivity index (χ4v) is 4.01. The van der Waals surface area contributed by atoms with E-state index in [0.29, 0.717) is 13.1 Å². The first-order valence-corrected chi connectivity index (χ1v) is 9.33. The molecule has 1 aromatic rings. The Balaban J connectivity index is 1.90. The van der Waals surface area contributed by atoms with Crippen molar-refractivity contribution in [2.75, 3.05) is 24.6 Å². The molecule has 2 aliphatic rings. The maximum Gasteiger partial charge on any atom is 0.322 e. The molecule has 0 unspecified atom stereocenters. The number of hydrogen-bond acceptors (Lipinski definition) is 3. The number of anilines is 1. The van der Waals surface area contributed by atoms with E-state index in [1.165, 1.54) is 0 Å². The summed E-state index contributed by atoms with van der Waals surface area (Å²) in [4.78, 5) is 28.7. The number of amides is 4. The molecule has 7 heteroatoms. The lowest BCUT2D eigenvalue weighted by Gasteiger charge is -2.58. The number of aliphatic hydroxyl groups is 1. The minimum absolute atomic E-state index is 0.0305. The van der Waals surface area contributed by atoms with Crippen LogP contribution in [0.2, 0.25) is 0 Å². The third kappa shape index (κ3) is 3.11. The molecular formula is C19H28N4O3. The van der Waals surface area contributed by atoms with Gasteiger partial charge in [-0.25, -0.2) is 9.59 Å². The van der Waals surface area contributed by atoms with Crippen molar-refractivity contribution in [2.24, 2.45) is 0 Å². The van der Waals surface area contributed by atoms with Gasteiger partial charge in [0.15, 0.2) is 0 Å². The largest absolute Gasteiger partial charge is 0.394 e. The number of benzene rings is 1. The molecule has 7 nitrogen and oxygen atoms in total. The highest BCUT2D eigenvalue weighted by Crippen LogP contribution is 2.48. The normalized spacial score (nSPS) is 23.8. The molecule has 0 aliphatic carbocycles. The summed E-state index contributed by atoms with van der Waals surface area (Å²) in [5.41, 5.74) is 1.88. The summed E-state index contributed by atoms with van der Waals surface area (Å²) in [6.45, 7) is 6.78. The van der Waals surface area contributed by atoms with Gasteiger partial charge in [-0.2, -0.15) is 0 Å². The summed E-state index contributed by atoms with van der Waals surface area (Å²) >= 11 is 0. The van der Waals surface area contributed by atoms with Crippen molar-refractivity contribution >= 4 is 17.7 Å². The number of urea groups is 2. The highest BCUT2D eigenvalue weighted by molar-refractivity contribution is 5.94. The van der Waals surface area contributed by atoms with E-state index in [1.54, 1.807) is 9.80 Å². The van der Waals surface area contributed by atoms with Gasteiger partial charge in [0, 0.05) is 30.7 Å². The van der Waals surface area contributed by atoms with Crippen LogP contribution in [0.1, 0.15) is 38.7 Å². The van der Waals surface area contributed by atoms with Gasteiger partial charge in [0.05, 0.1) is 18.7 Å². The van der Waals surface area contributed by atoms with Crippen LogP contribution in [0.5, 0.6) is 0 Å². The fraction of sp³-hybridized carbons (Fsp3) is 0.579. The van der Waals surface area contributed by atoms with Crippen molar-refractivity contribution in [2.45, 2.75) is 51.2 Å². The zero-order valence-electron chi connectivity index (χ0n) is 15.6. The van der Waals surface area contributed by atoms with Crippen LogP contribution in [0.15, 0.2) is 24.3 Å². The molecule has 3 atom stereocenters. The molecule has 0 radical (unpaired) electrons. The number of carbonyl (C=O) groups is 2. The van der Waals surface area contributed by atoms with Crippen LogP contribution in [0.4, 0.5) is 15.3 Å². The van der Waals surface area contributed by atoms with Gasteiger partial charge in [-0.05, 0) is 31.9 Å². The topological polar surface area (TPSA) is 84.9 Å². The Labute approximate surface area is 154 Å². The summed E-state index contributed by atoms with van der Waals surface area (Å²) in [6.07, 6.45) is 0.850. The second kappa shape index (κ2) is 7.53. The molecule has 4 amide bonds. The van der Waals surface area contributed by atoms with Crippen LogP contribution in [0, 0.1) is 0 Å². The van der Waals surface area contributed by atoms with Crippen LogP contribution in [0.3, 0.4) is 0 Å². The highest BCUT2D eigenvalue weighted by Gasteiger charge is 2.55. The molecule has 3 rings (SSSR count). The number of aliphatic hydroxyl groups excluding tert-OH is 1. The number of carbonyl (C=O) groups excluding carboxylic acids is 2. The molecule has 3 N–H and O–H groups in total. The summed E-state index contributed by atoms with van der Waals surface area (Å²) in [5.74, 6) is 0.0478. The number of hydrogen-bond donors (Lipinski definition) is 3. The maximum atomic E-state index is 12.7. The molecule has 26 heavy (non-hydrogen) atoms.